The van der Waals surface area contributed by atoms with E-state index in [0.29, 0.717) is 0 Å². The molecule has 0 atom stereocenters. The highest BCUT2D eigenvalue weighted by Gasteiger charge is 2.16. The smallest absolute Gasteiger partial charge is 0.0467 e. The van der Waals surface area contributed by atoms with Crippen LogP contribution in [0.3, 0.4) is 0 Å². The zero-order chi connectivity index (χ0) is 34.4. The van der Waals surface area contributed by atoms with Gasteiger partial charge >= 0.3 is 0 Å². The summed E-state index contributed by atoms with van der Waals surface area (Å²) >= 11 is 1.86. The van der Waals surface area contributed by atoms with Crippen LogP contribution in [0.15, 0.2) is 200 Å². The normalized spacial score (nSPS) is 11.5. The number of hydrogen-bond donors (Lipinski definition) is 0. The Bertz CT molecular complexity index is 2770. The van der Waals surface area contributed by atoms with E-state index in [1.165, 1.54) is 75.1 Å². The van der Waals surface area contributed by atoms with E-state index in [9.17, 15) is 0 Å². The molecule has 10 aromatic rings. The standard InChI is InChI=1S/C50H33NS/c1-3-16-43-34(10-1)12-8-19-45(43)36-22-27-40(28-23-36)51(41-29-24-37(25-30-41)46-20-9-13-35-11-2-4-17-44(35)46)42-15-7-14-38(32-42)39-26-31-48-47-18-5-6-21-49(47)52-50(48)33-39/h1-33H. The molecule has 0 saturated carbocycles. The van der Waals surface area contributed by atoms with Crippen molar-refractivity contribution in [1.29, 1.82) is 0 Å². The molecule has 0 aliphatic rings. The van der Waals surface area contributed by atoms with Crippen molar-refractivity contribution in [3.63, 3.8) is 0 Å². The first kappa shape index (κ1) is 30.4. The number of nitrogens with zero attached hydrogens (tertiary/aromatic N) is 1. The molecule has 0 bridgehead atoms. The van der Waals surface area contributed by atoms with Crippen molar-refractivity contribution in [2.75, 3.05) is 4.90 Å². The summed E-state index contributed by atoms with van der Waals surface area (Å²) in [6.07, 6.45) is 0. The third-order valence-electron chi connectivity index (χ3n) is 10.3. The van der Waals surface area contributed by atoms with Gasteiger partial charge < -0.3 is 4.90 Å². The monoisotopic (exact) mass is 679 g/mol. The third kappa shape index (κ3) is 5.33. The Morgan fingerprint density at radius 1 is 0.288 bits per heavy atom. The first-order valence-corrected chi connectivity index (χ1v) is 18.6. The molecule has 2 heteroatoms. The lowest BCUT2D eigenvalue weighted by Gasteiger charge is -2.26. The molecular formula is C50H33NS. The molecular weight excluding hydrogens is 647 g/mol. The van der Waals surface area contributed by atoms with Crippen molar-refractivity contribution in [1.82, 2.24) is 0 Å². The maximum atomic E-state index is 2.38. The van der Waals surface area contributed by atoms with Gasteiger partial charge in [0.1, 0.15) is 0 Å². The molecule has 1 heterocycles. The summed E-state index contributed by atoms with van der Waals surface area (Å²) < 4.78 is 2.64. The molecule has 244 valence electrons. The Morgan fingerprint density at radius 3 is 1.40 bits per heavy atom. The average Bonchev–Trinajstić information content (AvgIpc) is 3.59. The lowest BCUT2D eigenvalue weighted by atomic mass is 9.97. The van der Waals surface area contributed by atoms with Crippen molar-refractivity contribution in [3.05, 3.63) is 200 Å². The van der Waals surface area contributed by atoms with Crippen LogP contribution in [0.5, 0.6) is 0 Å². The molecule has 9 aromatic carbocycles. The van der Waals surface area contributed by atoms with Gasteiger partial charge in [-0.15, -0.1) is 11.3 Å². The van der Waals surface area contributed by atoms with Gasteiger partial charge in [-0.3, -0.25) is 0 Å². The van der Waals surface area contributed by atoms with Crippen LogP contribution in [-0.4, -0.2) is 0 Å². The fourth-order valence-electron chi connectivity index (χ4n) is 7.71. The molecule has 1 aromatic heterocycles. The molecule has 52 heavy (non-hydrogen) atoms. The number of thiophene rings is 1. The number of rotatable bonds is 6. The van der Waals surface area contributed by atoms with Crippen LogP contribution >= 0.6 is 11.3 Å². The van der Waals surface area contributed by atoms with Crippen LogP contribution in [0.1, 0.15) is 0 Å². The van der Waals surface area contributed by atoms with Gasteiger partial charge in [-0.1, -0.05) is 152 Å². The maximum Gasteiger partial charge on any atom is 0.0467 e. The van der Waals surface area contributed by atoms with Crippen LogP contribution < -0.4 is 4.90 Å². The van der Waals surface area contributed by atoms with Crippen LogP contribution in [-0.2, 0) is 0 Å². The van der Waals surface area contributed by atoms with Gasteiger partial charge in [-0.2, -0.15) is 0 Å². The number of fused-ring (bicyclic) bond motifs is 5. The van der Waals surface area contributed by atoms with Crippen molar-refractivity contribution in [3.8, 4) is 33.4 Å². The molecule has 0 saturated heterocycles. The van der Waals surface area contributed by atoms with E-state index in [2.05, 4.69) is 205 Å². The molecule has 0 aliphatic heterocycles. The minimum atomic E-state index is 1.11. The molecule has 0 radical (unpaired) electrons. The Morgan fingerprint density at radius 2 is 0.769 bits per heavy atom. The second kappa shape index (κ2) is 12.7. The second-order valence-corrected chi connectivity index (χ2v) is 14.4. The Labute approximate surface area is 307 Å². The van der Waals surface area contributed by atoms with Gasteiger partial charge in [0.15, 0.2) is 0 Å². The SMILES string of the molecule is c1cc(-c2ccc3c(c2)sc2ccccc23)cc(N(c2ccc(-c3cccc4ccccc34)cc2)c2ccc(-c3cccc4ccccc34)cc2)c1. The van der Waals surface area contributed by atoms with Gasteiger partial charge in [-0.25, -0.2) is 0 Å². The van der Waals surface area contributed by atoms with Crippen molar-refractivity contribution in [2.45, 2.75) is 0 Å². The molecule has 1 nitrogen and oxygen atoms in total. The van der Waals surface area contributed by atoms with E-state index < -0.39 is 0 Å². The number of benzene rings is 9. The summed E-state index contributed by atoms with van der Waals surface area (Å²) in [5.74, 6) is 0. The molecule has 0 spiro atoms. The van der Waals surface area contributed by atoms with E-state index in [4.69, 9.17) is 0 Å². The predicted molar refractivity (Wildman–Crippen MR) is 225 cm³/mol. The maximum absolute atomic E-state index is 2.38. The summed E-state index contributed by atoms with van der Waals surface area (Å²) in [5.41, 5.74) is 10.7. The van der Waals surface area contributed by atoms with Crippen LogP contribution in [0.4, 0.5) is 17.1 Å². The molecule has 0 amide bonds. The first-order chi connectivity index (χ1) is 25.8. The number of anilines is 3. The summed E-state index contributed by atoms with van der Waals surface area (Å²) in [4.78, 5) is 2.38. The quantitative estimate of drug-likeness (QED) is 0.169. The van der Waals surface area contributed by atoms with Gasteiger partial charge in [0, 0.05) is 37.2 Å². The van der Waals surface area contributed by atoms with Crippen LogP contribution in [0.25, 0.3) is 75.1 Å². The number of hydrogen-bond acceptors (Lipinski definition) is 2. The highest BCUT2D eigenvalue weighted by molar-refractivity contribution is 7.25. The molecule has 0 unspecified atom stereocenters. The zero-order valence-corrected chi connectivity index (χ0v) is 29.2. The minimum absolute atomic E-state index is 1.11. The van der Waals surface area contributed by atoms with Gasteiger partial charge in [0.05, 0.1) is 0 Å². The fourth-order valence-corrected chi connectivity index (χ4v) is 8.86. The predicted octanol–water partition coefficient (Wildman–Crippen LogP) is 14.8. The van der Waals surface area contributed by atoms with E-state index in [-0.39, 0.29) is 0 Å². The van der Waals surface area contributed by atoms with Crippen molar-refractivity contribution < 1.29 is 0 Å². The van der Waals surface area contributed by atoms with Crippen molar-refractivity contribution >= 4 is 70.1 Å². The Kier molecular flexibility index (Phi) is 7.41. The van der Waals surface area contributed by atoms with Gasteiger partial charge in [0.2, 0.25) is 0 Å². The highest BCUT2D eigenvalue weighted by Crippen LogP contribution is 2.41. The molecule has 10 rings (SSSR count). The van der Waals surface area contributed by atoms with E-state index in [1.807, 2.05) is 11.3 Å². The van der Waals surface area contributed by atoms with E-state index in [1.54, 1.807) is 0 Å². The lowest BCUT2D eigenvalue weighted by Crippen LogP contribution is -2.10. The highest BCUT2D eigenvalue weighted by atomic mass is 32.1. The Balaban J connectivity index is 1.08. The topological polar surface area (TPSA) is 3.24 Å². The van der Waals surface area contributed by atoms with E-state index in [0.717, 1.165) is 17.1 Å². The summed E-state index contributed by atoms with van der Waals surface area (Å²) in [7, 11) is 0. The summed E-state index contributed by atoms with van der Waals surface area (Å²) in [5, 5.41) is 7.68. The van der Waals surface area contributed by atoms with Crippen LogP contribution in [0.2, 0.25) is 0 Å². The zero-order valence-electron chi connectivity index (χ0n) is 28.4. The van der Waals surface area contributed by atoms with E-state index >= 15 is 0 Å². The molecule has 0 aliphatic carbocycles. The molecule has 0 fully saturated rings. The first-order valence-electron chi connectivity index (χ1n) is 17.8. The summed E-state index contributed by atoms with van der Waals surface area (Å²) in [6, 6.07) is 72.9. The van der Waals surface area contributed by atoms with Crippen LogP contribution in [0, 0.1) is 0 Å². The third-order valence-corrected chi connectivity index (χ3v) is 11.4. The second-order valence-electron chi connectivity index (χ2n) is 13.3. The van der Waals surface area contributed by atoms with Gasteiger partial charge in [0.25, 0.3) is 0 Å². The van der Waals surface area contributed by atoms with Crippen molar-refractivity contribution in [2.24, 2.45) is 0 Å². The molecule has 0 N–H and O–H groups in total. The largest absolute Gasteiger partial charge is 0.310 e. The Hall–Kier alpha value is -6.48. The summed E-state index contributed by atoms with van der Waals surface area (Å²) in [6.45, 7) is 0. The average molecular weight is 680 g/mol. The fraction of sp³-hybridized carbons (Fsp3) is 0. The minimum Gasteiger partial charge on any atom is -0.310 e. The van der Waals surface area contributed by atoms with Gasteiger partial charge in [-0.05, 0) is 103 Å². The lowest BCUT2D eigenvalue weighted by molar-refractivity contribution is 1.28.